The van der Waals surface area contributed by atoms with Crippen LogP contribution in [0, 0.1) is 35.1 Å². The van der Waals surface area contributed by atoms with E-state index in [2.05, 4.69) is 132 Å². The molecule has 10 rings (SSSR count). The molecule has 102 heavy (non-hydrogen) atoms. The van der Waals surface area contributed by atoms with E-state index in [0.717, 1.165) is 77.5 Å². The fourth-order valence-electron chi connectivity index (χ4n) is 9.25. The summed E-state index contributed by atoms with van der Waals surface area (Å²) in [6.07, 6.45) is 10.7. The van der Waals surface area contributed by atoms with Crippen molar-refractivity contribution in [2.75, 3.05) is 46.7 Å². The minimum atomic E-state index is -1.12. The number of halogens is 4. The van der Waals surface area contributed by atoms with Gasteiger partial charge in [0.25, 0.3) is 0 Å². The summed E-state index contributed by atoms with van der Waals surface area (Å²) in [6.45, 7) is 42.1. The maximum atomic E-state index is 13.7. The number of carbonyl (C=O) groups excluding carboxylic acids is 2. The van der Waals surface area contributed by atoms with E-state index in [0.29, 0.717) is 25.3 Å². The van der Waals surface area contributed by atoms with Gasteiger partial charge in [-0.3, -0.25) is 9.78 Å². The fraction of sp³-hybridized carbons (Fsp3) is 0.525. The van der Waals surface area contributed by atoms with Gasteiger partial charge in [-0.25, -0.2) is 32.1 Å². The van der Waals surface area contributed by atoms with Gasteiger partial charge in [0.2, 0.25) is 17.6 Å². The average molecular weight is 1420 g/mol. The maximum Gasteiger partial charge on any atom is 0.415 e. The number of carbonyl (C=O) groups is 3. The highest BCUT2D eigenvalue weighted by atomic mass is 19.1. The first-order valence-electron chi connectivity index (χ1n) is 34.9. The molecule has 0 bridgehead atoms. The van der Waals surface area contributed by atoms with Crippen molar-refractivity contribution in [1.82, 2.24) is 40.4 Å². The first-order valence-corrected chi connectivity index (χ1v) is 34.9. The first-order chi connectivity index (χ1) is 47.5. The third-order valence-electron chi connectivity index (χ3n) is 16.3. The summed E-state index contributed by atoms with van der Waals surface area (Å²) < 4.78 is 86.4. The number of aromatic nitrogens is 6. The Morgan fingerprint density at radius 1 is 0.559 bits per heavy atom. The molecule has 1 aliphatic heterocycles. The number of carboxylic acid groups (broad SMARTS) is 1. The largest absolute Gasteiger partial charge is 0.493 e. The van der Waals surface area contributed by atoms with E-state index in [-0.39, 0.29) is 80.6 Å². The van der Waals surface area contributed by atoms with Crippen LogP contribution in [-0.4, -0.2) is 110 Å². The zero-order chi connectivity index (χ0) is 76.0. The highest BCUT2D eigenvalue weighted by Crippen LogP contribution is 2.35. The van der Waals surface area contributed by atoms with Crippen molar-refractivity contribution < 1.29 is 65.5 Å². The topological polar surface area (TPSA) is 214 Å². The highest BCUT2D eigenvalue weighted by molar-refractivity contribution is 5.78. The number of benzene rings is 4. The number of nitrogens with zero attached hydrogens (tertiary/aromatic N) is 7. The Labute approximate surface area is 602 Å². The number of rotatable bonds is 18. The molecule has 18 nitrogen and oxygen atoms in total. The Morgan fingerprint density at radius 3 is 1.44 bits per heavy atom. The predicted molar refractivity (Wildman–Crippen MR) is 390 cm³/mol. The molecule has 0 atom stereocenters. The predicted octanol–water partition coefficient (Wildman–Crippen LogP) is 18.2. The molecule has 22 heteroatoms. The normalized spacial score (nSPS) is 13.7. The summed E-state index contributed by atoms with van der Waals surface area (Å²) in [4.78, 5) is 45.2. The minimum absolute atomic E-state index is 0.0135. The minimum Gasteiger partial charge on any atom is -0.493 e. The molecule has 2 saturated carbocycles. The maximum absolute atomic E-state index is 13.7. The number of hydrogen-bond donors (Lipinski definition) is 2. The zero-order valence-corrected chi connectivity index (χ0v) is 63.7. The van der Waals surface area contributed by atoms with Crippen molar-refractivity contribution >= 4 is 18.0 Å². The number of H-pyrrole nitrogens is 1. The lowest BCUT2D eigenvalue weighted by Gasteiger charge is -2.21. The number of aliphatic carboxylic acids is 1. The van der Waals surface area contributed by atoms with E-state index in [9.17, 15) is 31.9 Å². The van der Waals surface area contributed by atoms with Gasteiger partial charge in [0, 0.05) is 62.2 Å². The number of pyridine rings is 2. The summed E-state index contributed by atoms with van der Waals surface area (Å²) >= 11 is 0. The van der Waals surface area contributed by atoms with E-state index in [1.165, 1.54) is 66.5 Å². The zero-order valence-electron chi connectivity index (χ0n) is 63.7. The van der Waals surface area contributed by atoms with Gasteiger partial charge >= 0.3 is 12.1 Å². The molecule has 3 aliphatic rings. The molecule has 0 unspecified atom stereocenters. The lowest BCUT2D eigenvalue weighted by atomic mass is 9.87. The summed E-state index contributed by atoms with van der Waals surface area (Å²) in [7, 11) is 1.64. The third kappa shape index (κ3) is 29.6. The second-order valence-corrected chi connectivity index (χ2v) is 32.0. The van der Waals surface area contributed by atoms with Gasteiger partial charge in [-0.2, -0.15) is 5.21 Å². The lowest BCUT2D eigenvalue weighted by Crippen LogP contribution is -2.30. The van der Waals surface area contributed by atoms with Crippen LogP contribution in [0.1, 0.15) is 216 Å². The van der Waals surface area contributed by atoms with Gasteiger partial charge in [0.1, 0.15) is 5.75 Å². The fourth-order valence-corrected chi connectivity index (χ4v) is 9.25. The highest BCUT2D eigenvalue weighted by Gasteiger charge is 2.27. The number of carboxylic acids is 1. The smallest absolute Gasteiger partial charge is 0.415 e. The third-order valence-corrected chi connectivity index (χ3v) is 16.3. The molecule has 1 saturated heterocycles. The first kappa shape index (κ1) is 83.8. The SMILES string of the molecule is CC(C)(C)c1cc(OCC2CC2)ccn1.CC(C)(C)c1ccc(F)c(OCC(=O)O)c1.CC(C)(C)c1ccc(F)c(OCN2CCCC2=O)c1.CC(C)(C)c1ccc(F)c(OCc2nn[nH]n2)c1.CC(C)(C)c1ccnc(OCC2CC2)c1.CCCN(C)C(=O)Oc1cc(C(C)(C)C)ccc1F. The number of likely N-dealkylation sites (tertiary alicyclic amines) is 1. The molecule has 3 fully saturated rings. The number of hydrogen-bond acceptors (Lipinski definition) is 14. The van der Waals surface area contributed by atoms with Crippen molar-refractivity contribution in [3.63, 3.8) is 0 Å². The van der Waals surface area contributed by atoms with Crippen LogP contribution in [0.25, 0.3) is 0 Å². The monoisotopic (exact) mass is 1420 g/mol. The van der Waals surface area contributed by atoms with Crippen molar-refractivity contribution in [1.29, 1.82) is 0 Å². The van der Waals surface area contributed by atoms with Crippen molar-refractivity contribution in [2.45, 2.75) is 216 Å². The molecule has 4 heterocycles. The summed E-state index contributed by atoms with van der Waals surface area (Å²) in [5, 5.41) is 21.6. The number of amides is 2. The van der Waals surface area contributed by atoms with Crippen LogP contribution in [0.15, 0.2) is 109 Å². The number of ether oxygens (including phenoxy) is 6. The second kappa shape index (κ2) is 37.4. The van der Waals surface area contributed by atoms with Crippen LogP contribution in [0.3, 0.4) is 0 Å². The summed E-state index contributed by atoms with van der Waals surface area (Å²) in [5.74, 6) is 1.18. The molecule has 2 amide bonds. The van der Waals surface area contributed by atoms with Gasteiger partial charge in [0.05, 0.1) is 13.2 Å². The van der Waals surface area contributed by atoms with Gasteiger partial charge in [-0.15, -0.1) is 10.2 Å². The van der Waals surface area contributed by atoms with Gasteiger partial charge in [-0.05, 0) is 166 Å². The quantitative estimate of drug-likeness (QED) is 0.0765. The van der Waals surface area contributed by atoms with E-state index >= 15 is 0 Å². The van der Waals surface area contributed by atoms with Gasteiger partial charge in [0.15, 0.2) is 66.2 Å². The lowest BCUT2D eigenvalue weighted by molar-refractivity contribution is -0.139. The van der Waals surface area contributed by atoms with E-state index < -0.39 is 36.1 Å². The Morgan fingerprint density at radius 2 is 1.01 bits per heavy atom. The molecule has 3 aromatic heterocycles. The number of tetrazole rings is 1. The molecule has 4 aromatic carbocycles. The number of nitrogens with one attached hydrogen (secondary N) is 1. The molecule has 2 N–H and O–H groups in total. The Bertz CT molecular complexity index is 3720. The second-order valence-electron chi connectivity index (χ2n) is 32.0. The summed E-state index contributed by atoms with van der Waals surface area (Å²) in [6, 6.07) is 27.0. The van der Waals surface area contributed by atoms with Gasteiger partial charge < -0.3 is 43.3 Å². The van der Waals surface area contributed by atoms with Crippen LogP contribution in [0.2, 0.25) is 0 Å². The molecular formula is C80H110F4N8O10. The molecule has 7 aromatic rings. The Kier molecular flexibility index (Phi) is 30.7. The van der Waals surface area contributed by atoms with Crippen molar-refractivity contribution in [3.8, 4) is 34.6 Å². The van der Waals surface area contributed by atoms with E-state index in [4.69, 9.17) is 33.5 Å². The molecule has 2 aliphatic carbocycles. The van der Waals surface area contributed by atoms with Crippen molar-refractivity contribution in [2.24, 2.45) is 11.8 Å². The molecule has 558 valence electrons. The Hall–Kier alpha value is -8.82. The van der Waals surface area contributed by atoms with Crippen LogP contribution in [0.4, 0.5) is 22.4 Å². The average Bonchev–Trinajstić information content (AvgIpc) is 1.81. The van der Waals surface area contributed by atoms with Crippen LogP contribution in [-0.2, 0) is 48.7 Å². The van der Waals surface area contributed by atoms with Crippen molar-refractivity contribution in [3.05, 3.63) is 172 Å². The van der Waals surface area contributed by atoms with Crippen LogP contribution >= 0.6 is 0 Å². The van der Waals surface area contributed by atoms with Crippen LogP contribution < -0.4 is 28.4 Å². The van der Waals surface area contributed by atoms with Gasteiger partial charge in [-0.1, -0.05) is 161 Å². The summed E-state index contributed by atoms with van der Waals surface area (Å²) in [5.41, 5.74) is 6.11. The molecular weight excluding hydrogens is 1310 g/mol. The van der Waals surface area contributed by atoms with Crippen LogP contribution in [0.5, 0.6) is 34.6 Å². The Balaban J connectivity index is 0.000000221. The molecule has 0 radical (unpaired) electrons. The standard InChI is InChI=1S/C15H20FNO2.C15H22FNO2.2C13H19NO.C12H15FN4O.C12H15FO3/c1-15(2,3)11-6-7-12(16)13(9-11)19-10-17-8-4-5-14(17)18;1-6-9-17(5)14(18)19-13-10-11(15(2,3)4)7-8-12(13)16;1-13(2,3)12-8-11(6-7-14-12)15-9-10-4-5-10;1-13(2,3)11-6-7-14-12(8-11)15-9-10-4-5-10;1-12(2,3)8-4-5-9(13)10(6-8)18-7-11-14-16-17-15-11;1-12(2,3)8-4-5-9(13)10(6-8)16-7-11(14)15/h6-7,9H,4-5,8,10H2,1-3H3;7-8,10H,6,9H2,1-5H3;2*6-8,10H,4-5,9H2,1-3H3;4-6H,7H2,1-3H3,(H,14,15,16,17);4-6H,7H2,1-3H3,(H,14,15). The van der Waals surface area contributed by atoms with E-state index in [1.54, 1.807) is 54.4 Å². The van der Waals surface area contributed by atoms with E-state index in [1.807, 2.05) is 66.9 Å². The number of aromatic amines is 1. The molecule has 0 spiro atoms.